The Morgan fingerprint density at radius 1 is 1.08 bits per heavy atom. The molecule has 1 saturated carbocycles. The number of carbonyl (C=O) groups excluding carboxylic acids is 1. The zero-order valence-electron chi connectivity index (χ0n) is 21.4. The van der Waals surface area contributed by atoms with Crippen LogP contribution in [0.15, 0.2) is 71.2 Å². The molecule has 0 unspecified atom stereocenters. The molecule has 7 nitrogen and oxygen atoms in total. The molecule has 4 heterocycles. The van der Waals surface area contributed by atoms with E-state index in [2.05, 4.69) is 4.98 Å². The van der Waals surface area contributed by atoms with E-state index >= 15 is 0 Å². The average molecular weight is 553 g/mol. The van der Waals surface area contributed by atoms with Gasteiger partial charge < -0.3 is 14.6 Å². The van der Waals surface area contributed by atoms with Gasteiger partial charge in [-0.15, -0.1) is 11.3 Å². The van der Waals surface area contributed by atoms with Gasteiger partial charge in [0.2, 0.25) is 11.8 Å². The van der Waals surface area contributed by atoms with Crippen LogP contribution in [0.2, 0.25) is 0 Å². The van der Waals surface area contributed by atoms with E-state index in [0.717, 1.165) is 10.6 Å². The number of likely N-dealkylation sites (tertiary alicyclic amines) is 1. The summed E-state index contributed by atoms with van der Waals surface area (Å²) in [5, 5.41) is 13.7. The third-order valence-electron chi connectivity index (χ3n) is 8.23. The summed E-state index contributed by atoms with van der Waals surface area (Å²) < 4.78 is 31.8. The number of piperidine rings is 1. The van der Waals surface area contributed by atoms with Gasteiger partial charge in [-0.05, 0) is 48.9 Å². The smallest absolute Gasteiger partial charge is 0.262 e. The Bertz CT molecular complexity index is 1530. The minimum absolute atomic E-state index is 0.0702. The highest BCUT2D eigenvalue weighted by molar-refractivity contribution is 7.10. The molecule has 2 fully saturated rings. The van der Waals surface area contributed by atoms with E-state index in [0.29, 0.717) is 37.0 Å². The molecule has 1 amide bonds. The maximum Gasteiger partial charge on any atom is 0.262 e. The lowest BCUT2D eigenvalue weighted by Crippen LogP contribution is -2.52. The summed E-state index contributed by atoms with van der Waals surface area (Å²) in [5.74, 6) is -3.87. The number of fused-ring (bicyclic) bond motifs is 1. The van der Waals surface area contributed by atoms with E-state index in [4.69, 9.17) is 0 Å². The number of hydrogen-bond donors (Lipinski definition) is 1. The van der Waals surface area contributed by atoms with Crippen molar-refractivity contribution in [1.29, 1.82) is 0 Å². The second-order valence-corrected chi connectivity index (χ2v) is 11.8. The van der Waals surface area contributed by atoms with Crippen molar-refractivity contribution in [2.45, 2.75) is 56.1 Å². The zero-order valence-corrected chi connectivity index (χ0v) is 22.2. The molecule has 0 spiro atoms. The van der Waals surface area contributed by atoms with Crippen LogP contribution >= 0.6 is 11.3 Å². The van der Waals surface area contributed by atoms with Crippen LogP contribution in [0.5, 0.6) is 0 Å². The highest BCUT2D eigenvalue weighted by Crippen LogP contribution is 2.47. The number of alkyl halides is 2. The molecule has 4 aromatic rings. The minimum atomic E-state index is -2.77. The Kier molecular flexibility index (Phi) is 6.63. The van der Waals surface area contributed by atoms with Gasteiger partial charge in [-0.25, -0.2) is 13.8 Å². The average Bonchev–Trinajstić information content (AvgIpc) is 3.61. The number of benzene rings is 1. The number of hydrogen-bond acceptors (Lipinski definition) is 5. The molecule has 1 aromatic carbocycles. The van der Waals surface area contributed by atoms with Crippen molar-refractivity contribution in [3.63, 3.8) is 0 Å². The molecule has 1 saturated heterocycles. The van der Waals surface area contributed by atoms with E-state index in [9.17, 15) is 23.5 Å². The van der Waals surface area contributed by atoms with Crippen LogP contribution in [0.25, 0.3) is 16.7 Å². The number of para-hydroxylation sites is 1. The monoisotopic (exact) mass is 552 g/mol. The van der Waals surface area contributed by atoms with Crippen LogP contribution in [-0.2, 0) is 11.3 Å². The fourth-order valence-corrected chi connectivity index (χ4v) is 6.94. The third kappa shape index (κ3) is 5.03. The van der Waals surface area contributed by atoms with Crippen LogP contribution in [0.4, 0.5) is 8.78 Å². The summed E-state index contributed by atoms with van der Waals surface area (Å²) in [6.07, 6.45) is 3.41. The molecule has 10 heteroatoms. The predicted octanol–water partition coefficient (Wildman–Crippen LogP) is 4.82. The Morgan fingerprint density at radius 3 is 2.56 bits per heavy atom. The lowest BCUT2D eigenvalue weighted by Gasteiger charge is -2.42. The highest BCUT2D eigenvalue weighted by atomic mass is 32.1. The summed E-state index contributed by atoms with van der Waals surface area (Å²) in [7, 11) is 0. The van der Waals surface area contributed by atoms with Crippen molar-refractivity contribution in [3.8, 4) is 5.69 Å². The van der Waals surface area contributed by atoms with E-state index in [1.54, 1.807) is 11.0 Å². The van der Waals surface area contributed by atoms with Crippen molar-refractivity contribution < 1.29 is 18.7 Å². The van der Waals surface area contributed by atoms with Gasteiger partial charge in [0.1, 0.15) is 6.33 Å². The van der Waals surface area contributed by atoms with E-state index in [1.807, 2.05) is 58.6 Å². The fraction of sp³-hybridized carbons (Fsp3) is 0.414. The van der Waals surface area contributed by atoms with Crippen LogP contribution < -0.4 is 5.56 Å². The molecule has 2 atom stereocenters. The van der Waals surface area contributed by atoms with Crippen LogP contribution in [0.1, 0.15) is 42.9 Å². The summed E-state index contributed by atoms with van der Waals surface area (Å²) in [6.45, 7) is 0.698. The minimum Gasteiger partial charge on any atom is -0.388 e. The fourth-order valence-electron chi connectivity index (χ4n) is 6.05. The van der Waals surface area contributed by atoms with Gasteiger partial charge in [-0.3, -0.25) is 14.2 Å². The lowest BCUT2D eigenvalue weighted by atomic mass is 9.75. The van der Waals surface area contributed by atoms with Crippen LogP contribution in [0.3, 0.4) is 0 Å². The first-order chi connectivity index (χ1) is 18.7. The number of aliphatic hydroxyl groups is 1. The summed E-state index contributed by atoms with van der Waals surface area (Å²) >= 11 is 1.42. The molecule has 39 heavy (non-hydrogen) atoms. The first kappa shape index (κ1) is 25.9. The van der Waals surface area contributed by atoms with Crippen molar-refractivity contribution in [2.75, 3.05) is 13.1 Å². The largest absolute Gasteiger partial charge is 0.388 e. The van der Waals surface area contributed by atoms with Crippen molar-refractivity contribution in [1.82, 2.24) is 19.0 Å². The molecule has 2 aliphatic rings. The standard InChI is InChI=1S/C29H30F2N4O3S/c30-29(31)10-8-21(23(17-29)24-7-4-16-39-24)26(36)33-14-11-28(38,12-15-33)18-34-19-32-25-22(27(34)37)9-13-35(25)20-5-2-1-3-6-20/h1-7,9,13,16,19,21,23,38H,8,10-12,14-15,17-18H2/t21-,23-/m1/s1. The summed E-state index contributed by atoms with van der Waals surface area (Å²) in [4.78, 5) is 33.8. The number of nitrogens with zero attached hydrogens (tertiary/aromatic N) is 4. The number of thiophene rings is 1. The SMILES string of the molecule is O=C([C@@H]1CCC(F)(F)C[C@H]1c1cccs1)N1CCC(O)(Cn2cnc3c(ccn3-c3ccccc3)c2=O)CC1. The molecule has 6 rings (SSSR count). The first-order valence-electron chi connectivity index (χ1n) is 13.3. The van der Waals surface area contributed by atoms with Gasteiger partial charge in [0.05, 0.1) is 17.5 Å². The summed E-state index contributed by atoms with van der Waals surface area (Å²) in [5.41, 5.74) is 0.0395. The second-order valence-electron chi connectivity index (χ2n) is 10.8. The number of rotatable bonds is 5. The molecule has 3 aromatic heterocycles. The maximum atomic E-state index is 14.3. The number of halogens is 2. The predicted molar refractivity (Wildman–Crippen MR) is 145 cm³/mol. The Morgan fingerprint density at radius 2 is 1.85 bits per heavy atom. The third-order valence-corrected chi connectivity index (χ3v) is 9.23. The van der Waals surface area contributed by atoms with Crippen molar-refractivity contribution >= 4 is 28.3 Å². The van der Waals surface area contributed by atoms with Crippen molar-refractivity contribution in [3.05, 3.63) is 81.7 Å². The van der Waals surface area contributed by atoms with E-state index in [-0.39, 0.29) is 37.3 Å². The Hall–Kier alpha value is -3.37. The van der Waals surface area contributed by atoms with E-state index < -0.39 is 23.4 Å². The maximum absolute atomic E-state index is 14.3. The van der Waals surface area contributed by atoms with Gasteiger partial charge in [-0.1, -0.05) is 24.3 Å². The van der Waals surface area contributed by atoms with Gasteiger partial charge >= 0.3 is 0 Å². The van der Waals surface area contributed by atoms with Gasteiger partial charge in [0.25, 0.3) is 5.56 Å². The zero-order chi connectivity index (χ0) is 27.2. The number of aromatic nitrogens is 3. The molecule has 204 valence electrons. The lowest BCUT2D eigenvalue weighted by molar-refractivity contribution is -0.145. The normalized spacial score (nSPS) is 22.7. The topological polar surface area (TPSA) is 80.4 Å². The van der Waals surface area contributed by atoms with Gasteiger partial charge in [0.15, 0.2) is 5.65 Å². The molecule has 1 aliphatic heterocycles. The van der Waals surface area contributed by atoms with Gasteiger partial charge in [-0.2, -0.15) is 0 Å². The second kappa shape index (κ2) is 9.98. The quantitative estimate of drug-likeness (QED) is 0.385. The number of carbonyl (C=O) groups is 1. The molecule has 0 bridgehead atoms. The molecule has 1 aliphatic carbocycles. The highest BCUT2D eigenvalue weighted by Gasteiger charge is 2.47. The first-order valence-corrected chi connectivity index (χ1v) is 14.2. The Labute approximate surface area is 228 Å². The molecular formula is C29H30F2N4O3S. The van der Waals surface area contributed by atoms with Crippen LogP contribution in [0, 0.1) is 5.92 Å². The Balaban J connectivity index is 1.15. The van der Waals surface area contributed by atoms with E-state index in [1.165, 1.54) is 22.2 Å². The van der Waals surface area contributed by atoms with Gasteiger partial charge in [0, 0.05) is 54.5 Å². The number of amides is 1. The molecule has 1 N–H and O–H groups in total. The molecule has 0 radical (unpaired) electrons. The van der Waals surface area contributed by atoms with Crippen LogP contribution in [-0.4, -0.2) is 54.6 Å². The molecular weight excluding hydrogens is 522 g/mol. The summed E-state index contributed by atoms with van der Waals surface area (Å²) in [6, 6.07) is 15.0. The van der Waals surface area contributed by atoms with Crippen molar-refractivity contribution in [2.24, 2.45) is 5.92 Å².